The summed E-state index contributed by atoms with van der Waals surface area (Å²) in [6, 6.07) is 0. The van der Waals surface area contributed by atoms with Gasteiger partial charge in [-0.25, -0.2) is 4.98 Å². The van der Waals surface area contributed by atoms with Gasteiger partial charge in [-0.2, -0.15) is 5.10 Å². The van der Waals surface area contributed by atoms with Gasteiger partial charge >= 0.3 is 0 Å². The molecule has 20 heavy (non-hydrogen) atoms. The normalized spacial score (nSPS) is 16.7. The molecule has 0 spiro atoms. The lowest BCUT2D eigenvalue weighted by atomic mass is 10.00. The minimum Gasteiger partial charge on any atom is -0.381 e. The van der Waals surface area contributed by atoms with Crippen LogP contribution in [0.1, 0.15) is 47.4 Å². The molecule has 2 aromatic rings. The fourth-order valence-corrected chi connectivity index (χ4v) is 2.66. The number of nitrogens with one attached hydrogen (secondary N) is 1. The third-order valence-corrected chi connectivity index (χ3v) is 3.93. The molecule has 0 radical (unpaired) electrons. The van der Waals surface area contributed by atoms with Gasteiger partial charge in [-0.15, -0.1) is 0 Å². The number of aromatic nitrogens is 4. The number of nitrogens with zero attached hydrogens (tertiary/aromatic N) is 3. The number of ether oxygens (including phenoxy) is 1. The van der Waals surface area contributed by atoms with Crippen LogP contribution in [0, 0.1) is 13.8 Å². The molecule has 6 nitrogen and oxygen atoms in total. The van der Waals surface area contributed by atoms with Crippen LogP contribution in [0.4, 0.5) is 0 Å². The van der Waals surface area contributed by atoms with Crippen LogP contribution in [0.25, 0.3) is 0 Å². The minimum atomic E-state index is 0.438. The van der Waals surface area contributed by atoms with Crippen LogP contribution < -0.4 is 0 Å². The third kappa shape index (κ3) is 2.75. The highest BCUT2D eigenvalue weighted by molar-refractivity contribution is 5.21. The van der Waals surface area contributed by atoms with E-state index in [2.05, 4.69) is 20.3 Å². The molecule has 0 bridgehead atoms. The summed E-state index contributed by atoms with van der Waals surface area (Å²) in [5.41, 5.74) is 2.14. The van der Waals surface area contributed by atoms with E-state index in [1.165, 1.54) is 5.56 Å². The van der Waals surface area contributed by atoms with E-state index < -0.39 is 0 Å². The average Bonchev–Trinajstić information content (AvgIpc) is 3.06. The molecule has 0 atom stereocenters. The molecule has 1 N–H and O–H groups in total. The molecule has 3 heterocycles. The van der Waals surface area contributed by atoms with Crippen LogP contribution in [0.3, 0.4) is 0 Å². The molecule has 3 rings (SSSR count). The molecule has 6 heteroatoms. The predicted molar refractivity (Wildman–Crippen MR) is 72.6 cm³/mol. The molecule has 1 aliphatic rings. The fourth-order valence-electron chi connectivity index (χ4n) is 2.66. The van der Waals surface area contributed by atoms with Crippen LogP contribution >= 0.6 is 0 Å². The Labute approximate surface area is 117 Å². The molecule has 0 saturated carbocycles. The molecule has 1 aliphatic heterocycles. The Morgan fingerprint density at radius 3 is 2.70 bits per heavy atom. The Morgan fingerprint density at radius 2 is 2.00 bits per heavy atom. The standard InChI is InChI=1S/C14H20N4O2/c1-9-12(10(2)20-18-9)3-4-13-15-14(17-16-13)11-5-7-19-8-6-11/h11H,3-8H2,1-2H3,(H,15,16,17). The summed E-state index contributed by atoms with van der Waals surface area (Å²) in [6.45, 7) is 5.55. The average molecular weight is 276 g/mol. The van der Waals surface area contributed by atoms with Crippen molar-refractivity contribution in [2.75, 3.05) is 13.2 Å². The van der Waals surface area contributed by atoms with Crippen LogP contribution in [0.2, 0.25) is 0 Å². The second-order valence-electron chi connectivity index (χ2n) is 5.33. The first kappa shape index (κ1) is 13.3. The van der Waals surface area contributed by atoms with Crippen molar-refractivity contribution in [2.24, 2.45) is 0 Å². The van der Waals surface area contributed by atoms with Crippen LogP contribution in [0.5, 0.6) is 0 Å². The molecular formula is C14H20N4O2. The van der Waals surface area contributed by atoms with Gasteiger partial charge in [-0.1, -0.05) is 5.16 Å². The van der Waals surface area contributed by atoms with Crippen LogP contribution in [-0.4, -0.2) is 33.6 Å². The van der Waals surface area contributed by atoms with Crippen molar-refractivity contribution in [2.45, 2.75) is 45.4 Å². The number of hydrogen-bond acceptors (Lipinski definition) is 5. The molecule has 0 unspecified atom stereocenters. The summed E-state index contributed by atoms with van der Waals surface area (Å²) in [7, 11) is 0. The lowest BCUT2D eigenvalue weighted by molar-refractivity contribution is 0.0836. The second-order valence-corrected chi connectivity index (χ2v) is 5.33. The molecule has 0 aromatic carbocycles. The number of aromatic amines is 1. The SMILES string of the molecule is Cc1noc(C)c1CCc1nc(C2CCOCC2)n[nH]1. The molecule has 108 valence electrons. The maximum atomic E-state index is 5.37. The number of hydrogen-bond donors (Lipinski definition) is 1. The van der Waals surface area contributed by atoms with E-state index in [1.807, 2.05) is 13.8 Å². The summed E-state index contributed by atoms with van der Waals surface area (Å²) < 4.78 is 10.5. The zero-order valence-electron chi connectivity index (χ0n) is 12.0. The second kappa shape index (κ2) is 5.75. The first-order valence-electron chi connectivity index (χ1n) is 7.14. The highest BCUT2D eigenvalue weighted by Crippen LogP contribution is 2.24. The van der Waals surface area contributed by atoms with Crippen molar-refractivity contribution in [3.05, 3.63) is 28.7 Å². The van der Waals surface area contributed by atoms with E-state index in [-0.39, 0.29) is 0 Å². The number of H-pyrrole nitrogens is 1. The van der Waals surface area contributed by atoms with E-state index in [4.69, 9.17) is 9.26 Å². The Kier molecular flexibility index (Phi) is 3.82. The molecular weight excluding hydrogens is 256 g/mol. The maximum absolute atomic E-state index is 5.37. The number of aryl methyl sites for hydroxylation is 3. The molecule has 1 fully saturated rings. The van der Waals surface area contributed by atoms with Crippen molar-refractivity contribution in [3.63, 3.8) is 0 Å². The van der Waals surface area contributed by atoms with E-state index in [9.17, 15) is 0 Å². The Hall–Kier alpha value is -1.69. The monoisotopic (exact) mass is 276 g/mol. The van der Waals surface area contributed by atoms with Crippen molar-refractivity contribution < 1.29 is 9.26 Å². The predicted octanol–water partition coefficient (Wildman–Crippen LogP) is 2.09. The zero-order valence-corrected chi connectivity index (χ0v) is 12.0. The van der Waals surface area contributed by atoms with Gasteiger partial charge in [-0.3, -0.25) is 5.10 Å². The minimum absolute atomic E-state index is 0.438. The van der Waals surface area contributed by atoms with Gasteiger partial charge in [0.2, 0.25) is 0 Å². The Morgan fingerprint density at radius 1 is 1.20 bits per heavy atom. The van der Waals surface area contributed by atoms with E-state index in [1.54, 1.807) is 0 Å². The molecule has 0 aliphatic carbocycles. The molecule has 0 amide bonds. The fraction of sp³-hybridized carbons (Fsp3) is 0.643. The Balaban J connectivity index is 1.62. The smallest absolute Gasteiger partial charge is 0.153 e. The maximum Gasteiger partial charge on any atom is 0.153 e. The van der Waals surface area contributed by atoms with Gasteiger partial charge in [0, 0.05) is 31.1 Å². The summed E-state index contributed by atoms with van der Waals surface area (Å²) in [5.74, 6) is 3.20. The lowest BCUT2D eigenvalue weighted by Crippen LogP contribution is -2.15. The van der Waals surface area contributed by atoms with Gasteiger partial charge < -0.3 is 9.26 Å². The highest BCUT2D eigenvalue weighted by atomic mass is 16.5. The van der Waals surface area contributed by atoms with Gasteiger partial charge in [0.15, 0.2) is 5.82 Å². The zero-order chi connectivity index (χ0) is 13.9. The summed E-state index contributed by atoms with van der Waals surface area (Å²) in [4.78, 5) is 4.62. The van der Waals surface area contributed by atoms with Crippen LogP contribution in [0.15, 0.2) is 4.52 Å². The number of rotatable bonds is 4. The molecule has 2 aromatic heterocycles. The van der Waals surface area contributed by atoms with Crippen molar-refractivity contribution >= 4 is 0 Å². The van der Waals surface area contributed by atoms with E-state index in [0.29, 0.717) is 5.92 Å². The van der Waals surface area contributed by atoms with Crippen molar-refractivity contribution in [1.29, 1.82) is 0 Å². The lowest BCUT2D eigenvalue weighted by Gasteiger charge is -2.18. The summed E-state index contributed by atoms with van der Waals surface area (Å²) in [6.07, 6.45) is 3.74. The Bertz CT molecular complexity index is 550. The first-order valence-corrected chi connectivity index (χ1v) is 7.14. The summed E-state index contributed by atoms with van der Waals surface area (Å²) >= 11 is 0. The largest absolute Gasteiger partial charge is 0.381 e. The quantitative estimate of drug-likeness (QED) is 0.925. The van der Waals surface area contributed by atoms with E-state index in [0.717, 1.165) is 62.0 Å². The van der Waals surface area contributed by atoms with Crippen molar-refractivity contribution in [3.8, 4) is 0 Å². The summed E-state index contributed by atoms with van der Waals surface area (Å²) in [5, 5.41) is 11.4. The third-order valence-electron chi connectivity index (χ3n) is 3.93. The van der Waals surface area contributed by atoms with Crippen molar-refractivity contribution in [1.82, 2.24) is 20.3 Å². The topological polar surface area (TPSA) is 76.8 Å². The molecule has 1 saturated heterocycles. The van der Waals surface area contributed by atoms with Gasteiger partial charge in [0.25, 0.3) is 0 Å². The highest BCUT2D eigenvalue weighted by Gasteiger charge is 2.20. The van der Waals surface area contributed by atoms with Gasteiger partial charge in [-0.05, 0) is 33.1 Å². The van der Waals surface area contributed by atoms with Gasteiger partial charge in [0.05, 0.1) is 5.69 Å². The van der Waals surface area contributed by atoms with Crippen LogP contribution in [-0.2, 0) is 17.6 Å². The van der Waals surface area contributed by atoms with Gasteiger partial charge in [0.1, 0.15) is 11.6 Å². The van der Waals surface area contributed by atoms with E-state index >= 15 is 0 Å². The first-order chi connectivity index (χ1) is 9.74.